The van der Waals surface area contributed by atoms with Crippen LogP contribution in [0.15, 0.2) is 79.1 Å². The summed E-state index contributed by atoms with van der Waals surface area (Å²) in [5.41, 5.74) is 2.28. The molecule has 1 aromatic carbocycles. The van der Waals surface area contributed by atoms with Crippen LogP contribution in [-0.4, -0.2) is 36.0 Å². The highest BCUT2D eigenvalue weighted by Gasteiger charge is 2.13. The molecule has 2 aromatic rings. The number of para-hydroxylation sites is 1. The van der Waals surface area contributed by atoms with Gasteiger partial charge in [0.1, 0.15) is 0 Å². The molecule has 0 unspecified atom stereocenters. The van der Waals surface area contributed by atoms with E-state index in [0.29, 0.717) is 6.42 Å². The van der Waals surface area contributed by atoms with Crippen molar-refractivity contribution in [3.63, 3.8) is 0 Å². The monoisotopic (exact) mass is 474 g/mol. The van der Waals surface area contributed by atoms with Crippen molar-refractivity contribution >= 4 is 16.8 Å². The van der Waals surface area contributed by atoms with Gasteiger partial charge >= 0.3 is 0 Å². The highest BCUT2D eigenvalue weighted by molar-refractivity contribution is 5.94. The number of nitrogens with zero attached hydrogens (tertiary/aromatic N) is 2. The third-order valence-electron chi connectivity index (χ3n) is 6.11. The number of allylic oxidation sites excluding steroid dienone is 8. The van der Waals surface area contributed by atoms with E-state index in [1.165, 1.54) is 36.6 Å². The fraction of sp³-hybridized carbons (Fsp3) is 0.469. The molecule has 3 heteroatoms. The number of hydrogen-bond donors (Lipinski definition) is 0. The molecule has 0 aliphatic heterocycles. The Labute approximate surface area is 213 Å². The van der Waals surface area contributed by atoms with E-state index < -0.39 is 0 Å². The molecule has 0 saturated heterocycles. The van der Waals surface area contributed by atoms with Crippen LogP contribution < -0.4 is 0 Å². The maximum atomic E-state index is 12.9. The summed E-state index contributed by atoms with van der Waals surface area (Å²) in [6, 6.07) is 8.25. The average Bonchev–Trinajstić information content (AvgIpc) is 3.23. The summed E-state index contributed by atoms with van der Waals surface area (Å²) >= 11 is 0. The molecule has 2 rings (SSSR count). The molecule has 35 heavy (non-hydrogen) atoms. The van der Waals surface area contributed by atoms with Gasteiger partial charge in [0.25, 0.3) is 0 Å². The summed E-state index contributed by atoms with van der Waals surface area (Å²) in [7, 11) is 4.17. The van der Waals surface area contributed by atoms with E-state index in [2.05, 4.69) is 98.9 Å². The van der Waals surface area contributed by atoms with E-state index in [1.807, 2.05) is 10.6 Å². The topological polar surface area (TPSA) is 25.2 Å². The van der Waals surface area contributed by atoms with Crippen molar-refractivity contribution in [1.82, 2.24) is 9.47 Å². The third kappa shape index (κ3) is 11.6. The summed E-state index contributed by atoms with van der Waals surface area (Å²) in [5, 5.41) is 1.20. The fourth-order valence-corrected chi connectivity index (χ4v) is 4.05. The first-order chi connectivity index (χ1) is 17.1. The van der Waals surface area contributed by atoms with Crippen LogP contribution in [-0.2, 0) is 6.42 Å². The number of unbranched alkanes of at least 4 members (excludes halogenated alkanes) is 4. The Morgan fingerprint density at radius 2 is 1.43 bits per heavy atom. The van der Waals surface area contributed by atoms with E-state index in [-0.39, 0.29) is 5.91 Å². The second kappa shape index (κ2) is 17.7. The molecule has 0 N–H and O–H groups in total. The third-order valence-corrected chi connectivity index (χ3v) is 6.11. The molecule has 0 atom stereocenters. The van der Waals surface area contributed by atoms with Gasteiger partial charge in [0.05, 0.1) is 5.52 Å². The summed E-state index contributed by atoms with van der Waals surface area (Å²) in [6.07, 6.45) is 31.4. The van der Waals surface area contributed by atoms with Crippen molar-refractivity contribution in [2.24, 2.45) is 0 Å². The number of benzene rings is 1. The van der Waals surface area contributed by atoms with Crippen LogP contribution in [0.25, 0.3) is 10.9 Å². The average molecular weight is 475 g/mol. The molecule has 0 saturated carbocycles. The number of carbonyl (C=O) groups excluding carboxylic acids is 1. The van der Waals surface area contributed by atoms with Crippen molar-refractivity contribution in [2.75, 3.05) is 20.6 Å². The van der Waals surface area contributed by atoms with E-state index in [9.17, 15) is 4.79 Å². The van der Waals surface area contributed by atoms with Gasteiger partial charge in [0.2, 0.25) is 5.91 Å². The molecule has 0 bridgehead atoms. The molecular weight excluding hydrogens is 428 g/mol. The maximum Gasteiger partial charge on any atom is 0.231 e. The lowest BCUT2D eigenvalue weighted by Crippen LogP contribution is -2.15. The highest BCUT2D eigenvalue weighted by Crippen LogP contribution is 2.22. The number of fused-ring (bicyclic) bond motifs is 1. The highest BCUT2D eigenvalue weighted by atomic mass is 16.2. The Hall–Kier alpha value is -2.65. The summed E-state index contributed by atoms with van der Waals surface area (Å²) < 4.78 is 1.86. The number of rotatable bonds is 17. The molecular formula is C32H46N2O. The Balaban J connectivity index is 1.64. The normalized spacial score (nSPS) is 12.6. The molecule has 0 aliphatic rings. The van der Waals surface area contributed by atoms with Crippen LogP contribution in [0.3, 0.4) is 0 Å². The second-order valence-corrected chi connectivity index (χ2v) is 9.47. The second-order valence-electron chi connectivity index (χ2n) is 9.47. The molecule has 0 amide bonds. The molecule has 190 valence electrons. The standard InChI is InChI=1S/C32H46N2O/c1-4-5-6-7-8-9-10-11-12-13-14-15-16-17-18-19-20-25-32(35)34-28-29(26-27-33(2)3)30-23-21-22-24-31(30)34/h8-9,11-12,14-15,17-18,21-24,28H,4-7,10,13,16,19-20,25-27H2,1-3H3/b9-8-,12-11-,15-14-,18-17-. The van der Waals surface area contributed by atoms with Gasteiger partial charge in [0.15, 0.2) is 0 Å². The minimum Gasteiger partial charge on any atom is -0.309 e. The van der Waals surface area contributed by atoms with Gasteiger partial charge in [-0.15, -0.1) is 0 Å². The number of hydrogen-bond acceptors (Lipinski definition) is 2. The maximum absolute atomic E-state index is 12.9. The first kappa shape index (κ1) is 28.6. The van der Waals surface area contributed by atoms with E-state index >= 15 is 0 Å². The zero-order chi connectivity index (χ0) is 25.1. The number of likely N-dealkylation sites (N-methyl/N-ethyl adjacent to an activating group) is 1. The molecule has 1 aromatic heterocycles. The van der Waals surface area contributed by atoms with Gasteiger partial charge in [-0.3, -0.25) is 9.36 Å². The largest absolute Gasteiger partial charge is 0.309 e. The van der Waals surface area contributed by atoms with E-state index in [4.69, 9.17) is 0 Å². The minimum absolute atomic E-state index is 0.188. The van der Waals surface area contributed by atoms with Crippen molar-refractivity contribution in [1.29, 1.82) is 0 Å². The zero-order valence-electron chi connectivity index (χ0n) is 22.3. The molecule has 1 heterocycles. The van der Waals surface area contributed by atoms with Crippen LogP contribution in [0.2, 0.25) is 0 Å². The van der Waals surface area contributed by atoms with Crippen LogP contribution >= 0.6 is 0 Å². The lowest BCUT2D eigenvalue weighted by molar-refractivity contribution is 0.0905. The Morgan fingerprint density at radius 1 is 0.829 bits per heavy atom. The predicted octanol–water partition coefficient (Wildman–Crippen LogP) is 8.53. The Kier molecular flexibility index (Phi) is 14.5. The zero-order valence-corrected chi connectivity index (χ0v) is 22.3. The molecule has 0 spiro atoms. The Morgan fingerprint density at radius 3 is 2.06 bits per heavy atom. The summed E-state index contributed by atoms with van der Waals surface area (Å²) in [4.78, 5) is 15.1. The van der Waals surface area contributed by atoms with Crippen molar-refractivity contribution in [3.8, 4) is 0 Å². The van der Waals surface area contributed by atoms with Gasteiger partial charge in [-0.2, -0.15) is 0 Å². The van der Waals surface area contributed by atoms with Crippen LogP contribution in [0, 0.1) is 0 Å². The van der Waals surface area contributed by atoms with Gasteiger partial charge in [-0.1, -0.05) is 86.6 Å². The molecule has 0 aliphatic carbocycles. The van der Waals surface area contributed by atoms with Crippen molar-refractivity contribution in [2.45, 2.75) is 77.6 Å². The summed E-state index contributed by atoms with van der Waals surface area (Å²) in [5.74, 6) is 0.188. The summed E-state index contributed by atoms with van der Waals surface area (Å²) in [6.45, 7) is 3.22. The van der Waals surface area contributed by atoms with Crippen LogP contribution in [0.5, 0.6) is 0 Å². The smallest absolute Gasteiger partial charge is 0.231 e. The molecule has 0 radical (unpaired) electrons. The van der Waals surface area contributed by atoms with E-state index in [0.717, 1.165) is 50.6 Å². The first-order valence-corrected chi connectivity index (χ1v) is 13.5. The number of carbonyl (C=O) groups is 1. The van der Waals surface area contributed by atoms with Gasteiger partial charge in [-0.05, 0) is 77.1 Å². The first-order valence-electron chi connectivity index (χ1n) is 13.5. The van der Waals surface area contributed by atoms with Crippen molar-refractivity contribution < 1.29 is 4.79 Å². The Bertz CT molecular complexity index is 975. The molecule has 3 nitrogen and oxygen atoms in total. The van der Waals surface area contributed by atoms with E-state index in [1.54, 1.807) is 0 Å². The molecule has 0 fully saturated rings. The lowest BCUT2D eigenvalue weighted by atomic mass is 10.1. The van der Waals surface area contributed by atoms with Crippen molar-refractivity contribution in [3.05, 3.63) is 84.6 Å². The lowest BCUT2D eigenvalue weighted by Gasteiger charge is -2.07. The fourth-order valence-electron chi connectivity index (χ4n) is 4.05. The SMILES string of the molecule is CCCCC/C=C\C/C=C\C/C=C\C/C=C\CCCC(=O)n1cc(CCN(C)C)c2ccccc21. The quantitative estimate of drug-likeness (QED) is 0.169. The van der Waals surface area contributed by atoms with Crippen LogP contribution in [0.1, 0.15) is 81.5 Å². The van der Waals surface area contributed by atoms with Gasteiger partial charge < -0.3 is 4.90 Å². The number of aromatic nitrogens is 1. The van der Waals surface area contributed by atoms with Crippen LogP contribution in [0.4, 0.5) is 0 Å². The van der Waals surface area contributed by atoms with Gasteiger partial charge in [-0.25, -0.2) is 0 Å². The van der Waals surface area contributed by atoms with Gasteiger partial charge in [0, 0.05) is 24.5 Å². The predicted molar refractivity (Wildman–Crippen MR) is 153 cm³/mol. The minimum atomic E-state index is 0.188.